The summed E-state index contributed by atoms with van der Waals surface area (Å²) >= 11 is 1.34. The van der Waals surface area contributed by atoms with E-state index in [9.17, 15) is 4.79 Å². The number of hydrogen-bond donors (Lipinski definition) is 1. The summed E-state index contributed by atoms with van der Waals surface area (Å²) in [4.78, 5) is 10.3. The minimum absolute atomic E-state index is 0.137. The van der Waals surface area contributed by atoms with Gasteiger partial charge in [0, 0.05) is 18.2 Å². The van der Waals surface area contributed by atoms with Gasteiger partial charge in [0.2, 0.25) is 0 Å². The summed E-state index contributed by atoms with van der Waals surface area (Å²) in [6.07, 6.45) is 0.574. The maximum absolute atomic E-state index is 10.3. The maximum Gasteiger partial charge on any atom is 0.190 e. The van der Waals surface area contributed by atoms with Gasteiger partial charge < -0.3 is 5.73 Å². The number of hydrogen-bond acceptors (Lipinski definition) is 3. The summed E-state index contributed by atoms with van der Waals surface area (Å²) in [6, 6.07) is 0.137. The minimum Gasteiger partial charge on any atom is -0.327 e. The van der Waals surface area contributed by atoms with Crippen molar-refractivity contribution in [3.05, 3.63) is 0 Å². The molecule has 0 spiro atoms. The van der Waals surface area contributed by atoms with Crippen LogP contribution in [0, 0.1) is 0 Å². The van der Waals surface area contributed by atoms with Crippen molar-refractivity contribution in [3.8, 4) is 0 Å². The molecule has 1 saturated heterocycles. The molecule has 7 heavy (non-hydrogen) atoms. The van der Waals surface area contributed by atoms with Crippen molar-refractivity contribution in [1.82, 2.24) is 0 Å². The largest absolute Gasteiger partial charge is 0.327 e. The lowest BCUT2D eigenvalue weighted by Gasteiger charge is -1.89. The van der Waals surface area contributed by atoms with Crippen molar-refractivity contribution in [2.45, 2.75) is 12.5 Å². The summed E-state index contributed by atoms with van der Waals surface area (Å²) in [5, 5.41) is 0.243. The van der Waals surface area contributed by atoms with Gasteiger partial charge in [-0.3, -0.25) is 4.79 Å². The second-order valence-corrected chi connectivity index (χ2v) is 2.72. The fraction of sp³-hybridized carbons (Fsp3) is 0.750. The van der Waals surface area contributed by atoms with E-state index in [-0.39, 0.29) is 11.2 Å². The lowest BCUT2D eigenvalue weighted by atomic mass is 10.3. The summed E-state index contributed by atoms with van der Waals surface area (Å²) in [7, 11) is 0. The van der Waals surface area contributed by atoms with Crippen LogP contribution < -0.4 is 5.73 Å². The zero-order valence-corrected chi connectivity index (χ0v) is 4.70. The fourth-order valence-corrected chi connectivity index (χ4v) is 1.38. The molecular formula is C4H7NOS. The molecule has 1 aliphatic heterocycles. The van der Waals surface area contributed by atoms with E-state index < -0.39 is 0 Å². The van der Waals surface area contributed by atoms with E-state index in [0.29, 0.717) is 6.42 Å². The first-order valence-corrected chi connectivity index (χ1v) is 3.19. The highest BCUT2D eigenvalue weighted by Gasteiger charge is 2.17. The molecule has 1 atom stereocenters. The first-order valence-electron chi connectivity index (χ1n) is 2.20. The Hall–Kier alpha value is -0.0200. The van der Waals surface area contributed by atoms with Crippen LogP contribution in [0.2, 0.25) is 0 Å². The van der Waals surface area contributed by atoms with Crippen LogP contribution in [0.1, 0.15) is 6.42 Å². The summed E-state index contributed by atoms with van der Waals surface area (Å²) in [6.45, 7) is 0. The zero-order chi connectivity index (χ0) is 5.28. The quantitative estimate of drug-likeness (QED) is 0.485. The third kappa shape index (κ3) is 1.17. The van der Waals surface area contributed by atoms with Crippen molar-refractivity contribution in [1.29, 1.82) is 0 Å². The van der Waals surface area contributed by atoms with Gasteiger partial charge in [-0.25, -0.2) is 0 Å². The van der Waals surface area contributed by atoms with E-state index in [2.05, 4.69) is 0 Å². The van der Waals surface area contributed by atoms with Gasteiger partial charge in [-0.15, -0.1) is 0 Å². The molecule has 1 rings (SSSR count). The fourth-order valence-electron chi connectivity index (χ4n) is 0.532. The van der Waals surface area contributed by atoms with Gasteiger partial charge in [-0.2, -0.15) is 0 Å². The van der Waals surface area contributed by atoms with E-state index in [1.54, 1.807) is 0 Å². The molecule has 3 heteroatoms. The van der Waals surface area contributed by atoms with Gasteiger partial charge in [-0.1, -0.05) is 11.8 Å². The maximum atomic E-state index is 10.3. The second-order valence-electron chi connectivity index (χ2n) is 1.65. The Bertz CT molecular complexity index is 93.7. The van der Waals surface area contributed by atoms with Gasteiger partial charge in [0.1, 0.15) is 0 Å². The minimum atomic E-state index is 0.137. The van der Waals surface area contributed by atoms with Crippen molar-refractivity contribution in [3.63, 3.8) is 0 Å². The topological polar surface area (TPSA) is 43.1 Å². The molecule has 1 heterocycles. The molecule has 1 fully saturated rings. The molecule has 0 aromatic rings. The molecule has 0 amide bonds. The third-order valence-electron chi connectivity index (χ3n) is 0.887. The normalized spacial score (nSPS) is 31.6. The molecule has 1 aliphatic rings. The highest BCUT2D eigenvalue weighted by Crippen LogP contribution is 2.16. The summed E-state index contributed by atoms with van der Waals surface area (Å²) in [5.74, 6) is 0.818. The number of thioether (sulfide) groups is 1. The lowest BCUT2D eigenvalue weighted by molar-refractivity contribution is -0.110. The lowest BCUT2D eigenvalue weighted by Crippen LogP contribution is -2.17. The third-order valence-corrected chi connectivity index (χ3v) is 1.97. The van der Waals surface area contributed by atoms with Crippen molar-refractivity contribution < 1.29 is 4.79 Å². The van der Waals surface area contributed by atoms with Crippen LogP contribution in [0.5, 0.6) is 0 Å². The predicted octanol–water partition coefficient (Wildman–Crippen LogP) is -0.0228. The smallest absolute Gasteiger partial charge is 0.190 e. The molecule has 40 valence electrons. The zero-order valence-electron chi connectivity index (χ0n) is 3.89. The van der Waals surface area contributed by atoms with Crippen LogP contribution in [0.15, 0.2) is 0 Å². The Labute approximate surface area is 46.5 Å². The Kier molecular flexibility index (Phi) is 1.35. The Morgan fingerprint density at radius 1 is 1.86 bits per heavy atom. The van der Waals surface area contributed by atoms with Gasteiger partial charge in [0.25, 0.3) is 0 Å². The first kappa shape index (κ1) is 5.12. The van der Waals surface area contributed by atoms with Crippen molar-refractivity contribution in [2.75, 3.05) is 5.75 Å². The Morgan fingerprint density at radius 3 is 2.71 bits per heavy atom. The average molecular weight is 117 g/mol. The van der Waals surface area contributed by atoms with Gasteiger partial charge >= 0.3 is 0 Å². The summed E-state index contributed by atoms with van der Waals surface area (Å²) in [5.41, 5.74) is 5.38. The standard InChI is InChI=1S/C4H7NOS/c5-3-1-4(6)7-2-3/h3H,1-2,5H2/t3-/m0/s1. The SMILES string of the molecule is N[C@@H]1CSC(=O)C1. The van der Waals surface area contributed by atoms with Crippen LogP contribution in [0.3, 0.4) is 0 Å². The van der Waals surface area contributed by atoms with Crippen LogP contribution >= 0.6 is 11.8 Å². The molecule has 0 bridgehead atoms. The van der Waals surface area contributed by atoms with E-state index in [4.69, 9.17) is 5.73 Å². The van der Waals surface area contributed by atoms with Gasteiger partial charge in [-0.05, 0) is 0 Å². The van der Waals surface area contributed by atoms with E-state index >= 15 is 0 Å². The number of rotatable bonds is 0. The molecule has 0 aromatic heterocycles. The molecule has 0 aromatic carbocycles. The van der Waals surface area contributed by atoms with Crippen LogP contribution in [-0.2, 0) is 4.79 Å². The molecular weight excluding hydrogens is 110 g/mol. The molecule has 2 nitrogen and oxygen atoms in total. The molecule has 0 aliphatic carbocycles. The Morgan fingerprint density at radius 2 is 2.57 bits per heavy atom. The van der Waals surface area contributed by atoms with E-state index in [0.717, 1.165) is 5.75 Å². The monoisotopic (exact) mass is 117 g/mol. The Balaban J connectivity index is 2.40. The van der Waals surface area contributed by atoms with E-state index in [1.165, 1.54) is 11.8 Å². The predicted molar refractivity (Wildman–Crippen MR) is 30.1 cm³/mol. The van der Waals surface area contributed by atoms with E-state index in [1.807, 2.05) is 0 Å². The number of nitrogens with two attached hydrogens (primary N) is 1. The second kappa shape index (κ2) is 1.84. The van der Waals surface area contributed by atoms with Crippen LogP contribution in [-0.4, -0.2) is 16.9 Å². The van der Waals surface area contributed by atoms with Crippen LogP contribution in [0.4, 0.5) is 0 Å². The number of carbonyl (C=O) groups is 1. The summed E-state index contributed by atoms with van der Waals surface area (Å²) < 4.78 is 0. The number of carbonyl (C=O) groups excluding carboxylic acids is 1. The highest BCUT2D eigenvalue weighted by molar-refractivity contribution is 8.14. The molecule has 0 unspecified atom stereocenters. The molecule has 0 radical (unpaired) electrons. The van der Waals surface area contributed by atoms with Crippen molar-refractivity contribution in [2.24, 2.45) is 5.73 Å². The van der Waals surface area contributed by atoms with Crippen LogP contribution in [0.25, 0.3) is 0 Å². The van der Waals surface area contributed by atoms with Gasteiger partial charge in [0.05, 0.1) is 0 Å². The highest BCUT2D eigenvalue weighted by atomic mass is 32.2. The van der Waals surface area contributed by atoms with Gasteiger partial charge in [0.15, 0.2) is 5.12 Å². The first-order chi connectivity index (χ1) is 3.29. The molecule has 2 N–H and O–H groups in total. The van der Waals surface area contributed by atoms with Crippen molar-refractivity contribution >= 4 is 16.9 Å². The average Bonchev–Trinajstić information content (AvgIpc) is 1.87. The molecule has 0 saturated carbocycles.